The first kappa shape index (κ1) is 25.9. The second-order valence-corrected chi connectivity index (χ2v) is 11.0. The highest BCUT2D eigenvalue weighted by Gasteiger charge is 2.26. The van der Waals surface area contributed by atoms with Crippen LogP contribution in [0.2, 0.25) is 10.0 Å². The van der Waals surface area contributed by atoms with Gasteiger partial charge in [-0.3, -0.25) is 18.9 Å². The summed E-state index contributed by atoms with van der Waals surface area (Å²) in [7, 11) is -4.26. The van der Waals surface area contributed by atoms with Crippen LogP contribution in [0.3, 0.4) is 0 Å². The van der Waals surface area contributed by atoms with Gasteiger partial charge in [0.1, 0.15) is 11.7 Å². The fraction of sp³-hybridized carbons (Fsp3) is 0.120. The number of benzene rings is 2. The number of halogens is 2. The van der Waals surface area contributed by atoms with E-state index in [1.807, 2.05) is 13.0 Å². The number of fused-ring (bicyclic) bond motifs is 1. The number of pyridine rings is 1. The standard InChI is InChI=1S/C25H20Cl2N6O4S/c1-15-6-9-17(29-12-15)13-31-23-21(24(34)32(25(31)35)14-38(28,36)37)33(18-10-7-16(26)8-11-18)22(30-23)19-4-2-3-5-20(19)27/h2-12H,13-14H2,1H3,(H2,28,36,37). The summed E-state index contributed by atoms with van der Waals surface area (Å²) in [5.74, 6) is -0.752. The number of imidazole rings is 1. The van der Waals surface area contributed by atoms with Crippen molar-refractivity contribution < 1.29 is 8.42 Å². The van der Waals surface area contributed by atoms with E-state index in [0.717, 1.165) is 5.56 Å². The zero-order chi connectivity index (χ0) is 27.2. The molecule has 0 spiro atoms. The van der Waals surface area contributed by atoms with E-state index in [1.165, 1.54) is 9.13 Å². The van der Waals surface area contributed by atoms with Crippen molar-refractivity contribution in [3.05, 3.63) is 109 Å². The van der Waals surface area contributed by atoms with E-state index in [-0.39, 0.29) is 23.5 Å². The van der Waals surface area contributed by atoms with E-state index >= 15 is 0 Å². The van der Waals surface area contributed by atoms with Crippen LogP contribution in [-0.4, -0.2) is 32.1 Å². The Kier molecular flexibility index (Phi) is 6.70. The molecule has 0 radical (unpaired) electrons. The Balaban J connectivity index is 1.94. The van der Waals surface area contributed by atoms with Crippen LogP contribution in [-0.2, 0) is 22.4 Å². The molecule has 0 fully saturated rings. The van der Waals surface area contributed by atoms with Gasteiger partial charge in [0.15, 0.2) is 11.2 Å². The van der Waals surface area contributed by atoms with E-state index in [4.69, 9.17) is 33.3 Å². The highest BCUT2D eigenvalue weighted by Crippen LogP contribution is 2.32. The van der Waals surface area contributed by atoms with Crippen molar-refractivity contribution in [2.75, 3.05) is 0 Å². The molecule has 0 saturated heterocycles. The molecule has 3 aromatic heterocycles. The maximum absolute atomic E-state index is 13.8. The van der Waals surface area contributed by atoms with Gasteiger partial charge in [-0.05, 0) is 55.0 Å². The zero-order valence-electron chi connectivity index (χ0n) is 19.9. The number of aryl methyl sites for hydroxylation is 1. The molecule has 38 heavy (non-hydrogen) atoms. The van der Waals surface area contributed by atoms with Gasteiger partial charge in [-0.15, -0.1) is 0 Å². The molecule has 0 amide bonds. The maximum atomic E-state index is 13.8. The summed E-state index contributed by atoms with van der Waals surface area (Å²) in [6.45, 7) is 1.79. The minimum Gasteiger partial charge on any atom is -0.286 e. The molecule has 0 saturated carbocycles. The number of sulfonamides is 1. The van der Waals surface area contributed by atoms with Crippen LogP contribution in [0, 0.1) is 6.92 Å². The first-order valence-electron chi connectivity index (χ1n) is 11.2. The molecule has 0 aliphatic heterocycles. The van der Waals surface area contributed by atoms with Crippen LogP contribution in [0.1, 0.15) is 11.3 Å². The van der Waals surface area contributed by atoms with Gasteiger partial charge in [0, 0.05) is 22.5 Å². The Morgan fingerprint density at radius 2 is 1.66 bits per heavy atom. The fourth-order valence-electron chi connectivity index (χ4n) is 4.09. The van der Waals surface area contributed by atoms with E-state index in [1.54, 1.807) is 60.8 Å². The second kappa shape index (κ2) is 9.84. The van der Waals surface area contributed by atoms with Crippen LogP contribution in [0.4, 0.5) is 0 Å². The van der Waals surface area contributed by atoms with Gasteiger partial charge in [-0.2, -0.15) is 0 Å². The van der Waals surface area contributed by atoms with E-state index in [0.29, 0.717) is 31.6 Å². The first-order chi connectivity index (χ1) is 18.0. The van der Waals surface area contributed by atoms with Crippen molar-refractivity contribution in [1.82, 2.24) is 23.7 Å². The molecule has 2 aromatic carbocycles. The van der Waals surface area contributed by atoms with Gasteiger partial charge in [0.25, 0.3) is 5.56 Å². The van der Waals surface area contributed by atoms with Crippen molar-refractivity contribution in [2.24, 2.45) is 5.14 Å². The largest absolute Gasteiger partial charge is 0.334 e. The van der Waals surface area contributed by atoms with E-state index in [9.17, 15) is 18.0 Å². The van der Waals surface area contributed by atoms with Gasteiger partial charge in [-0.1, -0.05) is 41.4 Å². The second-order valence-electron chi connectivity index (χ2n) is 8.62. The number of hydrogen-bond acceptors (Lipinski definition) is 6. The number of nitrogens with zero attached hydrogens (tertiary/aromatic N) is 5. The predicted octanol–water partition coefficient (Wildman–Crippen LogP) is 3.32. The lowest BCUT2D eigenvalue weighted by atomic mass is 10.2. The lowest BCUT2D eigenvalue weighted by Crippen LogP contribution is -2.43. The summed E-state index contributed by atoms with van der Waals surface area (Å²) in [5, 5.41) is 6.07. The Morgan fingerprint density at radius 1 is 0.947 bits per heavy atom. The zero-order valence-corrected chi connectivity index (χ0v) is 22.2. The molecule has 194 valence electrons. The smallest absolute Gasteiger partial charge is 0.286 e. The summed E-state index contributed by atoms with van der Waals surface area (Å²) in [6, 6.07) is 17.1. The van der Waals surface area contributed by atoms with Gasteiger partial charge in [0.2, 0.25) is 10.0 Å². The number of aromatic nitrogens is 5. The van der Waals surface area contributed by atoms with Crippen LogP contribution < -0.4 is 16.4 Å². The van der Waals surface area contributed by atoms with Crippen LogP contribution >= 0.6 is 23.2 Å². The molecule has 2 N–H and O–H groups in total. The summed E-state index contributed by atoms with van der Waals surface area (Å²) in [6.07, 6.45) is 1.64. The molecule has 0 unspecified atom stereocenters. The van der Waals surface area contributed by atoms with Crippen molar-refractivity contribution >= 4 is 44.4 Å². The molecule has 0 bridgehead atoms. The lowest BCUT2D eigenvalue weighted by molar-refractivity contribution is 0.572. The fourth-order valence-corrected chi connectivity index (χ4v) is 5.03. The molecule has 5 rings (SSSR count). The SMILES string of the molecule is Cc1ccc(Cn2c(=O)n(CS(N)(=O)=O)c(=O)c3c2nc(-c2ccccc2Cl)n3-c2ccc(Cl)cc2)nc1. The highest BCUT2D eigenvalue weighted by molar-refractivity contribution is 7.88. The monoisotopic (exact) mass is 570 g/mol. The summed E-state index contributed by atoms with van der Waals surface area (Å²) >= 11 is 12.6. The molecule has 0 aliphatic rings. The summed E-state index contributed by atoms with van der Waals surface area (Å²) in [4.78, 5) is 36.4. The molecule has 10 nitrogen and oxygen atoms in total. The van der Waals surface area contributed by atoms with Crippen LogP contribution in [0.15, 0.2) is 76.4 Å². The Hall–Kier alpha value is -3.77. The predicted molar refractivity (Wildman–Crippen MR) is 146 cm³/mol. The summed E-state index contributed by atoms with van der Waals surface area (Å²) in [5.41, 5.74) is 0.599. The quantitative estimate of drug-likeness (QED) is 0.332. The van der Waals surface area contributed by atoms with Crippen molar-refractivity contribution in [3.63, 3.8) is 0 Å². The average Bonchev–Trinajstić information content (AvgIpc) is 3.26. The third-order valence-corrected chi connectivity index (χ3v) is 7.03. The number of hydrogen-bond donors (Lipinski definition) is 1. The maximum Gasteiger partial charge on any atom is 0.334 e. The number of nitrogens with two attached hydrogens (primary N) is 1. The molecule has 0 aliphatic carbocycles. The minimum absolute atomic E-state index is 0.0258. The molecule has 5 aromatic rings. The molecular formula is C25H20Cl2N6O4S. The van der Waals surface area contributed by atoms with E-state index < -0.39 is 27.1 Å². The van der Waals surface area contributed by atoms with Gasteiger partial charge >= 0.3 is 5.69 Å². The van der Waals surface area contributed by atoms with Crippen LogP contribution in [0.5, 0.6) is 0 Å². The average molecular weight is 571 g/mol. The normalized spacial score (nSPS) is 11.8. The van der Waals surface area contributed by atoms with Crippen molar-refractivity contribution in [2.45, 2.75) is 19.3 Å². The lowest BCUT2D eigenvalue weighted by Gasteiger charge is -2.13. The van der Waals surface area contributed by atoms with Crippen molar-refractivity contribution in [1.29, 1.82) is 0 Å². The van der Waals surface area contributed by atoms with E-state index in [2.05, 4.69) is 4.98 Å². The summed E-state index contributed by atoms with van der Waals surface area (Å²) < 4.78 is 27.3. The molecular weight excluding hydrogens is 551 g/mol. The van der Waals surface area contributed by atoms with Crippen molar-refractivity contribution in [3.8, 4) is 17.1 Å². The Labute approximate surface area is 226 Å². The Morgan fingerprint density at radius 3 is 2.29 bits per heavy atom. The first-order valence-corrected chi connectivity index (χ1v) is 13.7. The minimum atomic E-state index is -4.26. The van der Waals surface area contributed by atoms with Gasteiger partial charge in [-0.25, -0.2) is 27.9 Å². The number of primary sulfonamides is 1. The molecule has 3 heterocycles. The third kappa shape index (κ3) is 4.88. The van der Waals surface area contributed by atoms with Gasteiger partial charge < -0.3 is 0 Å². The molecule has 0 atom stereocenters. The van der Waals surface area contributed by atoms with Gasteiger partial charge in [0.05, 0.1) is 17.3 Å². The molecule has 13 heteroatoms. The van der Waals surface area contributed by atoms with Crippen LogP contribution in [0.25, 0.3) is 28.2 Å². The highest BCUT2D eigenvalue weighted by atomic mass is 35.5. The number of rotatable bonds is 6. The Bertz CT molecular complexity index is 1910. The topological polar surface area (TPSA) is 135 Å². The third-order valence-electron chi connectivity index (χ3n) is 5.83.